The number of Topliss-reactive ketones (excluding diaryl/α,β-unsaturated/α-hetero) is 1. The van der Waals surface area contributed by atoms with Crippen molar-refractivity contribution in [1.29, 1.82) is 0 Å². The van der Waals surface area contributed by atoms with Crippen LogP contribution in [0.5, 0.6) is 0 Å². The molecule has 2 saturated carbocycles. The van der Waals surface area contributed by atoms with E-state index in [9.17, 15) is 15.0 Å². The van der Waals surface area contributed by atoms with E-state index >= 15 is 0 Å². The number of furan rings is 1. The summed E-state index contributed by atoms with van der Waals surface area (Å²) in [5.41, 5.74) is 1.43. The lowest BCUT2D eigenvalue weighted by molar-refractivity contribution is -0.175. The van der Waals surface area contributed by atoms with Crippen molar-refractivity contribution in [3.63, 3.8) is 0 Å². The first-order valence-corrected chi connectivity index (χ1v) is 9.16. The molecule has 1 heterocycles. The summed E-state index contributed by atoms with van der Waals surface area (Å²) < 4.78 is 5.48. The molecular weight excluding hydrogens is 304 g/mol. The average Bonchev–Trinajstić information content (AvgIpc) is 3.02. The van der Waals surface area contributed by atoms with Gasteiger partial charge in [0, 0.05) is 16.4 Å². The minimum atomic E-state index is -0.888. The zero-order valence-corrected chi connectivity index (χ0v) is 14.8. The Morgan fingerprint density at radius 3 is 2.67 bits per heavy atom. The van der Waals surface area contributed by atoms with Gasteiger partial charge in [0.2, 0.25) is 0 Å². The fourth-order valence-electron chi connectivity index (χ4n) is 6.82. The minimum Gasteiger partial charge on any atom is -0.472 e. The number of carbonyl (C=O) groups excluding carboxylic acids is 1. The maximum atomic E-state index is 12.6. The van der Waals surface area contributed by atoms with Gasteiger partial charge in [-0.2, -0.15) is 0 Å². The predicted octanol–water partition coefficient (Wildman–Crippen LogP) is 2.85. The molecule has 0 aliphatic heterocycles. The Morgan fingerprint density at radius 1 is 1.21 bits per heavy atom. The van der Waals surface area contributed by atoms with E-state index in [4.69, 9.17) is 4.42 Å². The molecule has 3 aliphatic rings. The Bertz CT molecular complexity index is 675. The third kappa shape index (κ3) is 1.79. The highest BCUT2D eigenvalue weighted by Gasteiger charge is 2.64. The first kappa shape index (κ1) is 16.3. The Kier molecular flexibility index (Phi) is 3.37. The molecule has 4 rings (SSSR count). The standard InChI is InChI=1S/C20H28O4/c1-18(2)15-6-7-20(11-21)13-10-24-9-12(13)4-5-16(20)19(15,3)8-14(22)17(18)23/h9-10,14-16,21-22H,4-8,11H2,1-3H3/t14-,15-,16-,19-,20-/m0/s1. The molecule has 132 valence electrons. The van der Waals surface area contributed by atoms with Gasteiger partial charge in [-0.05, 0) is 54.9 Å². The highest BCUT2D eigenvalue weighted by Crippen LogP contribution is 2.66. The van der Waals surface area contributed by atoms with Gasteiger partial charge in [0.05, 0.1) is 19.1 Å². The molecule has 0 unspecified atom stereocenters. The van der Waals surface area contributed by atoms with Crippen LogP contribution in [-0.4, -0.2) is 28.7 Å². The molecule has 2 N–H and O–H groups in total. The summed E-state index contributed by atoms with van der Waals surface area (Å²) in [5.74, 6) is 0.501. The van der Waals surface area contributed by atoms with E-state index in [2.05, 4.69) is 6.92 Å². The molecule has 2 fully saturated rings. The summed E-state index contributed by atoms with van der Waals surface area (Å²) in [5, 5.41) is 20.9. The van der Waals surface area contributed by atoms with Crippen LogP contribution in [0.3, 0.4) is 0 Å². The molecule has 24 heavy (non-hydrogen) atoms. The molecule has 5 atom stereocenters. The van der Waals surface area contributed by atoms with E-state index in [0.717, 1.165) is 31.2 Å². The number of rotatable bonds is 1. The average molecular weight is 332 g/mol. The zero-order valence-electron chi connectivity index (χ0n) is 14.8. The van der Waals surface area contributed by atoms with Crippen LogP contribution in [0.15, 0.2) is 16.9 Å². The van der Waals surface area contributed by atoms with Crippen LogP contribution in [-0.2, 0) is 16.6 Å². The van der Waals surface area contributed by atoms with Gasteiger partial charge in [0.25, 0.3) is 0 Å². The van der Waals surface area contributed by atoms with Crippen molar-refractivity contribution in [2.75, 3.05) is 6.61 Å². The van der Waals surface area contributed by atoms with E-state index in [1.807, 2.05) is 26.4 Å². The Morgan fingerprint density at radius 2 is 1.96 bits per heavy atom. The van der Waals surface area contributed by atoms with Crippen molar-refractivity contribution < 1.29 is 19.4 Å². The van der Waals surface area contributed by atoms with Gasteiger partial charge < -0.3 is 14.6 Å². The van der Waals surface area contributed by atoms with Gasteiger partial charge in [0.1, 0.15) is 6.10 Å². The largest absolute Gasteiger partial charge is 0.472 e. The van der Waals surface area contributed by atoms with Crippen molar-refractivity contribution in [2.45, 2.75) is 64.4 Å². The van der Waals surface area contributed by atoms with Crippen LogP contribution in [0.2, 0.25) is 0 Å². The van der Waals surface area contributed by atoms with Crippen LogP contribution in [0.1, 0.15) is 57.6 Å². The lowest BCUT2D eigenvalue weighted by Gasteiger charge is -2.64. The van der Waals surface area contributed by atoms with Crippen LogP contribution in [0, 0.1) is 22.7 Å². The van der Waals surface area contributed by atoms with Gasteiger partial charge in [-0.3, -0.25) is 4.79 Å². The molecule has 1 aromatic rings. The smallest absolute Gasteiger partial charge is 0.167 e. The minimum absolute atomic E-state index is 0.0127. The van der Waals surface area contributed by atoms with E-state index in [1.165, 1.54) is 5.56 Å². The molecule has 4 heteroatoms. The third-order valence-corrected chi connectivity index (χ3v) is 7.84. The molecule has 4 nitrogen and oxygen atoms in total. The number of carbonyl (C=O) groups is 1. The number of aryl methyl sites for hydroxylation is 1. The second-order valence-corrected chi connectivity index (χ2v) is 9.12. The summed E-state index contributed by atoms with van der Waals surface area (Å²) in [7, 11) is 0. The highest BCUT2D eigenvalue weighted by molar-refractivity contribution is 5.89. The maximum absolute atomic E-state index is 12.6. The normalized spacial score (nSPS) is 43.7. The van der Waals surface area contributed by atoms with Crippen molar-refractivity contribution >= 4 is 5.78 Å². The van der Waals surface area contributed by atoms with Gasteiger partial charge in [-0.1, -0.05) is 20.8 Å². The summed E-state index contributed by atoms with van der Waals surface area (Å²) in [6, 6.07) is 0. The molecule has 0 aromatic carbocycles. The number of aliphatic hydroxyl groups excluding tert-OH is 2. The Hall–Kier alpha value is -1.13. The van der Waals surface area contributed by atoms with Crippen LogP contribution in [0.4, 0.5) is 0 Å². The predicted molar refractivity (Wildman–Crippen MR) is 89.5 cm³/mol. The molecule has 0 bridgehead atoms. The summed E-state index contributed by atoms with van der Waals surface area (Å²) >= 11 is 0. The van der Waals surface area contributed by atoms with Gasteiger partial charge in [-0.15, -0.1) is 0 Å². The first-order valence-electron chi connectivity index (χ1n) is 9.16. The lowest BCUT2D eigenvalue weighted by Crippen LogP contribution is -2.64. The van der Waals surface area contributed by atoms with Crippen molar-refractivity contribution in [3.05, 3.63) is 23.7 Å². The maximum Gasteiger partial charge on any atom is 0.167 e. The summed E-state index contributed by atoms with van der Waals surface area (Å²) in [4.78, 5) is 12.6. The quantitative estimate of drug-likeness (QED) is 0.829. The van der Waals surface area contributed by atoms with Crippen LogP contribution < -0.4 is 0 Å². The number of aliphatic hydroxyl groups is 2. The fraction of sp³-hybridized carbons (Fsp3) is 0.750. The SMILES string of the molecule is CC1(C)C(=O)[C@@H](O)C[C@]2(C)[C@@H]3CCc4cocc4[C@@]3(CO)CC[C@@H]12. The highest BCUT2D eigenvalue weighted by atomic mass is 16.3. The monoisotopic (exact) mass is 332 g/mol. The first-order chi connectivity index (χ1) is 11.3. The van der Waals surface area contributed by atoms with Gasteiger partial charge in [0.15, 0.2) is 5.78 Å². The molecular formula is C20H28O4. The van der Waals surface area contributed by atoms with Crippen molar-refractivity contribution in [2.24, 2.45) is 22.7 Å². The fourth-order valence-corrected chi connectivity index (χ4v) is 6.82. The van der Waals surface area contributed by atoms with Crippen LogP contribution in [0.25, 0.3) is 0 Å². The van der Waals surface area contributed by atoms with E-state index < -0.39 is 11.5 Å². The van der Waals surface area contributed by atoms with Gasteiger partial charge >= 0.3 is 0 Å². The molecule has 0 spiro atoms. The van der Waals surface area contributed by atoms with Crippen molar-refractivity contribution in [3.8, 4) is 0 Å². The van der Waals surface area contributed by atoms with E-state index in [-0.39, 0.29) is 35.1 Å². The topological polar surface area (TPSA) is 70.7 Å². The third-order valence-electron chi connectivity index (χ3n) is 7.84. The molecule has 0 saturated heterocycles. The molecule has 0 amide bonds. The zero-order chi connectivity index (χ0) is 17.3. The van der Waals surface area contributed by atoms with E-state index in [0.29, 0.717) is 6.42 Å². The Balaban J connectivity index is 1.84. The van der Waals surface area contributed by atoms with Crippen LogP contribution >= 0.6 is 0 Å². The molecule has 0 radical (unpaired) electrons. The summed E-state index contributed by atoms with van der Waals surface area (Å²) in [6.07, 6.45) is 6.98. The van der Waals surface area contributed by atoms with Gasteiger partial charge in [-0.25, -0.2) is 0 Å². The van der Waals surface area contributed by atoms with Crippen molar-refractivity contribution in [1.82, 2.24) is 0 Å². The number of fused-ring (bicyclic) bond motifs is 5. The second kappa shape index (κ2) is 4.95. The number of hydrogen-bond donors (Lipinski definition) is 2. The Labute approximate surface area is 143 Å². The lowest BCUT2D eigenvalue weighted by atomic mass is 9.40. The number of hydrogen-bond acceptors (Lipinski definition) is 4. The second-order valence-electron chi connectivity index (χ2n) is 9.12. The van der Waals surface area contributed by atoms with E-state index in [1.54, 1.807) is 0 Å². The molecule has 1 aromatic heterocycles. The molecule has 3 aliphatic carbocycles. The summed E-state index contributed by atoms with van der Waals surface area (Å²) in [6.45, 7) is 6.35. The number of ketones is 1.